The molecule has 0 amide bonds. The van der Waals surface area contributed by atoms with E-state index in [1.54, 1.807) is 7.11 Å². The molecule has 1 aromatic carbocycles. The molecule has 0 unspecified atom stereocenters. The van der Waals surface area contributed by atoms with E-state index in [-0.39, 0.29) is 6.79 Å². The number of nitrogens with one attached hydrogen (secondary N) is 1. The molecule has 3 rings (SSSR count). The van der Waals surface area contributed by atoms with Crippen LogP contribution in [0, 0.1) is 0 Å². The minimum Gasteiger partial charge on any atom is -0.493 e. The molecule has 4 heteroatoms. The van der Waals surface area contributed by atoms with Crippen molar-refractivity contribution in [1.82, 2.24) is 5.32 Å². The molecule has 1 fully saturated rings. The molecular formula is C12H15NO3. The zero-order chi connectivity index (χ0) is 11.0. The van der Waals surface area contributed by atoms with Crippen LogP contribution in [0.2, 0.25) is 0 Å². The Morgan fingerprint density at radius 1 is 1.38 bits per heavy atom. The van der Waals surface area contributed by atoms with E-state index in [0.717, 1.165) is 23.8 Å². The van der Waals surface area contributed by atoms with E-state index >= 15 is 0 Å². The lowest BCUT2D eigenvalue weighted by atomic mass is 10.2. The Hall–Kier alpha value is -1.42. The molecule has 1 saturated carbocycles. The highest BCUT2D eigenvalue weighted by molar-refractivity contribution is 5.55. The Kier molecular flexibility index (Phi) is 2.36. The summed E-state index contributed by atoms with van der Waals surface area (Å²) in [5, 5.41) is 3.46. The summed E-state index contributed by atoms with van der Waals surface area (Å²) in [5.74, 6) is 2.26. The van der Waals surface area contributed by atoms with Gasteiger partial charge in [-0.25, -0.2) is 0 Å². The van der Waals surface area contributed by atoms with Crippen LogP contribution in [0.25, 0.3) is 0 Å². The van der Waals surface area contributed by atoms with Gasteiger partial charge in [-0.3, -0.25) is 0 Å². The standard InChI is InChI=1S/C12H15NO3/c1-14-10-4-8(6-13-9-2-3-9)5-11-12(10)16-7-15-11/h4-5,9,13H,2-3,6-7H2,1H3. The monoisotopic (exact) mass is 221 g/mol. The maximum absolute atomic E-state index is 5.37. The molecule has 1 aliphatic carbocycles. The van der Waals surface area contributed by atoms with Crippen molar-refractivity contribution in [3.8, 4) is 17.2 Å². The van der Waals surface area contributed by atoms with E-state index in [2.05, 4.69) is 5.32 Å². The average Bonchev–Trinajstić information content (AvgIpc) is 3.02. The lowest BCUT2D eigenvalue weighted by Gasteiger charge is -2.08. The van der Waals surface area contributed by atoms with Gasteiger partial charge in [0.25, 0.3) is 0 Å². The van der Waals surface area contributed by atoms with Crippen molar-refractivity contribution in [2.45, 2.75) is 25.4 Å². The fraction of sp³-hybridized carbons (Fsp3) is 0.500. The van der Waals surface area contributed by atoms with Gasteiger partial charge in [0.1, 0.15) is 0 Å². The van der Waals surface area contributed by atoms with Crippen LogP contribution < -0.4 is 19.5 Å². The van der Waals surface area contributed by atoms with Gasteiger partial charge in [0.2, 0.25) is 12.5 Å². The van der Waals surface area contributed by atoms with Gasteiger partial charge in [-0.1, -0.05) is 0 Å². The van der Waals surface area contributed by atoms with E-state index in [1.807, 2.05) is 12.1 Å². The van der Waals surface area contributed by atoms with Crippen molar-refractivity contribution in [3.05, 3.63) is 17.7 Å². The lowest BCUT2D eigenvalue weighted by molar-refractivity contribution is 0.171. The second-order valence-corrected chi connectivity index (χ2v) is 4.19. The summed E-state index contributed by atoms with van der Waals surface area (Å²) in [6.45, 7) is 1.14. The summed E-state index contributed by atoms with van der Waals surface area (Å²) >= 11 is 0. The first kappa shape index (κ1) is 9.78. The van der Waals surface area contributed by atoms with Crippen molar-refractivity contribution in [1.29, 1.82) is 0 Å². The maximum atomic E-state index is 5.37. The van der Waals surface area contributed by atoms with E-state index in [9.17, 15) is 0 Å². The van der Waals surface area contributed by atoms with Gasteiger partial charge in [-0.15, -0.1) is 0 Å². The van der Waals surface area contributed by atoms with Gasteiger partial charge in [0, 0.05) is 12.6 Å². The quantitative estimate of drug-likeness (QED) is 0.839. The van der Waals surface area contributed by atoms with Crippen LogP contribution in [0.3, 0.4) is 0 Å². The Bertz CT molecular complexity index is 401. The number of ether oxygens (including phenoxy) is 3. The summed E-state index contributed by atoms with van der Waals surface area (Å²) in [6.07, 6.45) is 2.59. The molecule has 1 aliphatic heterocycles. The molecule has 1 aromatic rings. The number of hydrogen-bond acceptors (Lipinski definition) is 4. The second kappa shape index (κ2) is 3.87. The predicted octanol–water partition coefficient (Wildman–Crippen LogP) is 1.68. The lowest BCUT2D eigenvalue weighted by Crippen LogP contribution is -2.15. The Morgan fingerprint density at radius 3 is 3.00 bits per heavy atom. The third kappa shape index (κ3) is 1.80. The van der Waals surface area contributed by atoms with Crippen LogP contribution in [0.5, 0.6) is 17.2 Å². The normalized spacial score (nSPS) is 17.6. The highest BCUT2D eigenvalue weighted by Gasteiger charge is 2.22. The van der Waals surface area contributed by atoms with Crippen LogP contribution in [0.15, 0.2) is 12.1 Å². The molecule has 4 nitrogen and oxygen atoms in total. The zero-order valence-electron chi connectivity index (χ0n) is 9.29. The summed E-state index contributed by atoms with van der Waals surface area (Å²) in [5.41, 5.74) is 1.17. The largest absolute Gasteiger partial charge is 0.493 e. The molecule has 0 atom stereocenters. The van der Waals surface area contributed by atoms with Gasteiger partial charge in [-0.05, 0) is 30.5 Å². The van der Waals surface area contributed by atoms with Crippen LogP contribution in [-0.2, 0) is 6.54 Å². The third-order valence-corrected chi connectivity index (χ3v) is 2.89. The first-order chi connectivity index (χ1) is 7.86. The zero-order valence-corrected chi connectivity index (χ0v) is 9.29. The topological polar surface area (TPSA) is 39.7 Å². The van der Waals surface area contributed by atoms with Crippen LogP contribution in [-0.4, -0.2) is 19.9 Å². The van der Waals surface area contributed by atoms with Crippen LogP contribution >= 0.6 is 0 Å². The summed E-state index contributed by atoms with van der Waals surface area (Å²) < 4.78 is 16.0. The van der Waals surface area contributed by atoms with Crippen molar-refractivity contribution in [2.75, 3.05) is 13.9 Å². The molecule has 0 spiro atoms. The molecule has 1 N–H and O–H groups in total. The highest BCUT2D eigenvalue weighted by atomic mass is 16.7. The van der Waals surface area contributed by atoms with Crippen molar-refractivity contribution in [2.24, 2.45) is 0 Å². The van der Waals surface area contributed by atoms with Gasteiger partial charge < -0.3 is 19.5 Å². The summed E-state index contributed by atoms with van der Waals surface area (Å²) in [7, 11) is 1.65. The van der Waals surface area contributed by atoms with Gasteiger partial charge in [0.05, 0.1) is 7.11 Å². The van der Waals surface area contributed by atoms with Crippen LogP contribution in [0.1, 0.15) is 18.4 Å². The van der Waals surface area contributed by atoms with E-state index < -0.39 is 0 Å². The number of methoxy groups -OCH3 is 1. The van der Waals surface area contributed by atoms with Crippen molar-refractivity contribution >= 4 is 0 Å². The molecule has 1 heterocycles. The summed E-state index contributed by atoms with van der Waals surface area (Å²) in [6, 6.07) is 4.72. The summed E-state index contributed by atoms with van der Waals surface area (Å²) in [4.78, 5) is 0. The Balaban J connectivity index is 1.81. The highest BCUT2D eigenvalue weighted by Crippen LogP contribution is 2.41. The smallest absolute Gasteiger partial charge is 0.231 e. The van der Waals surface area contributed by atoms with Gasteiger partial charge in [-0.2, -0.15) is 0 Å². The number of fused-ring (bicyclic) bond motifs is 1. The third-order valence-electron chi connectivity index (χ3n) is 2.89. The SMILES string of the molecule is COc1cc(CNC2CC2)cc2c1OCO2. The molecule has 2 aliphatic rings. The molecule has 0 aromatic heterocycles. The molecule has 16 heavy (non-hydrogen) atoms. The second-order valence-electron chi connectivity index (χ2n) is 4.19. The van der Waals surface area contributed by atoms with Crippen LogP contribution in [0.4, 0.5) is 0 Å². The predicted molar refractivity (Wildman–Crippen MR) is 59.0 cm³/mol. The minimum absolute atomic E-state index is 0.283. The van der Waals surface area contributed by atoms with Crippen molar-refractivity contribution in [3.63, 3.8) is 0 Å². The Labute approximate surface area is 94.5 Å². The minimum atomic E-state index is 0.283. The number of rotatable bonds is 4. The molecule has 0 bridgehead atoms. The van der Waals surface area contributed by atoms with E-state index in [0.29, 0.717) is 6.04 Å². The van der Waals surface area contributed by atoms with E-state index in [1.165, 1.54) is 18.4 Å². The molecule has 0 radical (unpaired) electrons. The molecular weight excluding hydrogens is 206 g/mol. The molecule has 86 valence electrons. The van der Waals surface area contributed by atoms with Crippen molar-refractivity contribution < 1.29 is 14.2 Å². The van der Waals surface area contributed by atoms with Gasteiger partial charge >= 0.3 is 0 Å². The number of hydrogen-bond donors (Lipinski definition) is 1. The first-order valence-corrected chi connectivity index (χ1v) is 5.56. The number of benzene rings is 1. The first-order valence-electron chi connectivity index (χ1n) is 5.56. The van der Waals surface area contributed by atoms with Gasteiger partial charge in [0.15, 0.2) is 11.5 Å². The van der Waals surface area contributed by atoms with E-state index in [4.69, 9.17) is 14.2 Å². The Morgan fingerprint density at radius 2 is 2.25 bits per heavy atom. The molecule has 0 saturated heterocycles. The maximum Gasteiger partial charge on any atom is 0.231 e. The average molecular weight is 221 g/mol. The fourth-order valence-corrected chi connectivity index (χ4v) is 1.84. The fourth-order valence-electron chi connectivity index (χ4n) is 1.84.